The van der Waals surface area contributed by atoms with Gasteiger partial charge in [-0.05, 0) is 39.4 Å². The highest BCUT2D eigenvalue weighted by Crippen LogP contribution is 2.19. The molecule has 2 heterocycles. The zero-order valence-electron chi connectivity index (χ0n) is 12.4. The van der Waals surface area contributed by atoms with Gasteiger partial charge in [0.05, 0.1) is 16.4 Å². The number of aromatic nitrogens is 3. The number of aromatic amines is 1. The van der Waals surface area contributed by atoms with E-state index in [4.69, 9.17) is 11.6 Å². The highest BCUT2D eigenvalue weighted by Gasteiger charge is 2.16. The Morgan fingerprint density at radius 2 is 2.10 bits per heavy atom. The Balaban J connectivity index is 2.00. The zero-order chi connectivity index (χ0) is 14.7. The molecule has 108 valence electrons. The molecule has 0 radical (unpaired) electrons. The molecule has 0 bridgehead atoms. The molecule has 0 aliphatic heterocycles. The first kappa shape index (κ1) is 15.0. The molecule has 0 aliphatic carbocycles. The second-order valence-electron chi connectivity index (χ2n) is 5.34. The fourth-order valence-corrected chi connectivity index (χ4v) is 2.27. The van der Waals surface area contributed by atoms with Crippen LogP contribution in [0.3, 0.4) is 0 Å². The van der Waals surface area contributed by atoms with E-state index in [1.807, 2.05) is 19.2 Å². The van der Waals surface area contributed by atoms with Gasteiger partial charge in [-0.1, -0.05) is 17.7 Å². The minimum absolute atomic E-state index is 0.372. The number of H-pyrrole nitrogens is 1. The summed E-state index contributed by atoms with van der Waals surface area (Å²) in [6.07, 6.45) is 2.77. The summed E-state index contributed by atoms with van der Waals surface area (Å²) < 4.78 is 0. The molecule has 20 heavy (non-hydrogen) atoms. The van der Waals surface area contributed by atoms with Crippen molar-refractivity contribution in [3.8, 4) is 0 Å². The molecule has 0 fully saturated rings. The van der Waals surface area contributed by atoms with Gasteiger partial charge in [0.1, 0.15) is 0 Å². The average Bonchev–Trinajstić information content (AvgIpc) is 2.73. The van der Waals surface area contributed by atoms with Crippen LogP contribution in [-0.4, -0.2) is 33.2 Å². The Morgan fingerprint density at radius 1 is 1.35 bits per heavy atom. The summed E-state index contributed by atoms with van der Waals surface area (Å²) >= 11 is 6.21. The maximum absolute atomic E-state index is 6.21. The lowest BCUT2D eigenvalue weighted by molar-refractivity contribution is 0.244. The van der Waals surface area contributed by atoms with Crippen LogP contribution < -0.4 is 0 Å². The molecule has 5 heteroatoms. The third-order valence-corrected chi connectivity index (χ3v) is 4.20. The predicted molar refractivity (Wildman–Crippen MR) is 81.9 cm³/mol. The smallest absolute Gasteiger partial charge is 0.0951 e. The van der Waals surface area contributed by atoms with Gasteiger partial charge in [-0.2, -0.15) is 5.10 Å². The van der Waals surface area contributed by atoms with E-state index in [0.29, 0.717) is 6.04 Å². The van der Waals surface area contributed by atoms with E-state index in [0.717, 1.165) is 35.1 Å². The zero-order valence-corrected chi connectivity index (χ0v) is 13.2. The molecule has 1 atom stereocenters. The first-order valence-electron chi connectivity index (χ1n) is 6.79. The Kier molecular flexibility index (Phi) is 4.78. The summed E-state index contributed by atoms with van der Waals surface area (Å²) in [7, 11) is 2.09. The van der Waals surface area contributed by atoms with Crippen molar-refractivity contribution in [2.45, 2.75) is 39.8 Å². The molecule has 1 N–H and O–H groups in total. The van der Waals surface area contributed by atoms with Gasteiger partial charge in [-0.15, -0.1) is 0 Å². The number of nitrogens with zero attached hydrogens (tertiary/aromatic N) is 3. The highest BCUT2D eigenvalue weighted by atomic mass is 35.5. The van der Waals surface area contributed by atoms with Gasteiger partial charge in [0.25, 0.3) is 0 Å². The second-order valence-corrected chi connectivity index (χ2v) is 5.72. The molecule has 2 aromatic heterocycles. The van der Waals surface area contributed by atoms with Crippen LogP contribution in [0.5, 0.6) is 0 Å². The van der Waals surface area contributed by atoms with Crippen LogP contribution in [0.25, 0.3) is 0 Å². The lowest BCUT2D eigenvalue weighted by Gasteiger charge is -2.24. The molecule has 0 saturated heterocycles. The minimum Gasteiger partial charge on any atom is -0.297 e. The van der Waals surface area contributed by atoms with E-state index >= 15 is 0 Å². The number of aryl methyl sites for hydroxylation is 2. The molecule has 0 aliphatic rings. The summed E-state index contributed by atoms with van der Waals surface area (Å²) in [5, 5.41) is 7.90. The number of nitrogens with one attached hydrogen (secondary N) is 1. The van der Waals surface area contributed by atoms with E-state index in [-0.39, 0.29) is 0 Å². The summed E-state index contributed by atoms with van der Waals surface area (Å²) in [4.78, 5) is 6.70. The number of halogens is 1. The molecule has 2 aromatic rings. The van der Waals surface area contributed by atoms with Gasteiger partial charge >= 0.3 is 0 Å². The first-order chi connectivity index (χ1) is 9.49. The van der Waals surface area contributed by atoms with Crippen LogP contribution in [0.2, 0.25) is 5.02 Å². The van der Waals surface area contributed by atoms with Crippen LogP contribution in [0.15, 0.2) is 18.3 Å². The lowest BCUT2D eigenvalue weighted by atomic mass is 10.1. The number of hydrogen-bond donors (Lipinski definition) is 1. The number of hydrogen-bond acceptors (Lipinski definition) is 3. The summed E-state index contributed by atoms with van der Waals surface area (Å²) in [6.45, 7) is 6.96. The molecule has 0 saturated carbocycles. The van der Waals surface area contributed by atoms with Gasteiger partial charge in [0.15, 0.2) is 0 Å². The topological polar surface area (TPSA) is 44.8 Å². The fourth-order valence-electron chi connectivity index (χ4n) is 2.13. The van der Waals surface area contributed by atoms with Crippen molar-refractivity contribution >= 4 is 11.6 Å². The molecule has 0 spiro atoms. The quantitative estimate of drug-likeness (QED) is 0.921. The molecular formula is C15H21ClN4. The van der Waals surface area contributed by atoms with Crippen molar-refractivity contribution in [2.24, 2.45) is 0 Å². The van der Waals surface area contributed by atoms with Crippen molar-refractivity contribution in [3.05, 3.63) is 46.0 Å². The van der Waals surface area contributed by atoms with Crippen LogP contribution in [0, 0.1) is 13.8 Å². The van der Waals surface area contributed by atoms with Gasteiger partial charge in [-0.25, -0.2) is 0 Å². The Bertz CT molecular complexity index is 579. The van der Waals surface area contributed by atoms with Crippen LogP contribution in [0.1, 0.15) is 29.6 Å². The van der Waals surface area contributed by atoms with E-state index in [9.17, 15) is 0 Å². The Morgan fingerprint density at radius 3 is 2.70 bits per heavy atom. The Labute approximate surface area is 125 Å². The molecule has 4 nitrogen and oxygen atoms in total. The second kappa shape index (κ2) is 6.37. The maximum Gasteiger partial charge on any atom is 0.0951 e. The molecule has 2 rings (SSSR count). The van der Waals surface area contributed by atoms with Gasteiger partial charge in [0, 0.05) is 30.9 Å². The number of likely N-dealkylation sites (N-methyl/N-ethyl adjacent to an activating group) is 1. The Hall–Kier alpha value is -1.39. The van der Waals surface area contributed by atoms with Gasteiger partial charge in [0.2, 0.25) is 0 Å². The van der Waals surface area contributed by atoms with Crippen molar-refractivity contribution in [1.82, 2.24) is 20.1 Å². The van der Waals surface area contributed by atoms with E-state index in [2.05, 4.69) is 47.0 Å². The monoisotopic (exact) mass is 292 g/mol. The largest absolute Gasteiger partial charge is 0.297 e. The molecule has 0 amide bonds. The number of rotatable bonds is 5. The van der Waals surface area contributed by atoms with Crippen LogP contribution in [-0.2, 0) is 13.0 Å². The SMILES string of the molecule is Cc1cccnc1C[C@@H](C)N(C)Cc1n[nH]c(C)c1Cl. The van der Waals surface area contributed by atoms with Crippen molar-refractivity contribution in [2.75, 3.05) is 7.05 Å². The first-order valence-corrected chi connectivity index (χ1v) is 7.17. The standard InChI is InChI=1S/C15H21ClN4/c1-10-6-5-7-17-13(10)8-11(2)20(4)9-14-15(16)12(3)18-19-14/h5-7,11H,8-9H2,1-4H3,(H,18,19)/t11-/m1/s1. The van der Waals surface area contributed by atoms with Crippen molar-refractivity contribution in [1.29, 1.82) is 0 Å². The summed E-state index contributed by atoms with van der Waals surface area (Å²) in [6, 6.07) is 4.44. The summed E-state index contributed by atoms with van der Waals surface area (Å²) in [5.41, 5.74) is 4.21. The maximum atomic E-state index is 6.21. The average molecular weight is 293 g/mol. The van der Waals surface area contributed by atoms with E-state index in [1.54, 1.807) is 0 Å². The van der Waals surface area contributed by atoms with Gasteiger partial charge < -0.3 is 0 Å². The van der Waals surface area contributed by atoms with Crippen molar-refractivity contribution in [3.63, 3.8) is 0 Å². The normalized spacial score (nSPS) is 12.9. The highest BCUT2D eigenvalue weighted by molar-refractivity contribution is 6.31. The predicted octanol–water partition coefficient (Wildman–Crippen LogP) is 3.14. The van der Waals surface area contributed by atoms with Gasteiger partial charge in [-0.3, -0.25) is 15.0 Å². The fraction of sp³-hybridized carbons (Fsp3) is 0.467. The third-order valence-electron chi connectivity index (χ3n) is 3.70. The van der Waals surface area contributed by atoms with E-state index in [1.165, 1.54) is 5.56 Å². The molecular weight excluding hydrogens is 272 g/mol. The summed E-state index contributed by atoms with van der Waals surface area (Å²) in [5.74, 6) is 0. The van der Waals surface area contributed by atoms with Crippen LogP contribution in [0.4, 0.5) is 0 Å². The third kappa shape index (κ3) is 3.38. The number of pyridine rings is 1. The molecule has 0 aromatic carbocycles. The molecule has 0 unspecified atom stereocenters. The van der Waals surface area contributed by atoms with E-state index < -0.39 is 0 Å². The lowest BCUT2D eigenvalue weighted by Crippen LogP contribution is -2.31. The van der Waals surface area contributed by atoms with Crippen LogP contribution >= 0.6 is 11.6 Å². The minimum atomic E-state index is 0.372. The van der Waals surface area contributed by atoms with Crippen molar-refractivity contribution < 1.29 is 0 Å².